The van der Waals surface area contributed by atoms with Crippen LogP contribution in [0.5, 0.6) is 11.5 Å². The standard InChI is InChI=1S/C28H28Cl2F2N2O7S/c1-16-5-3-4-6-26(16)42(37,38)33-17(2)27(35)40-24(12-20-21(29)13-34(36)14-22(20)30)19-9-10-23(41-28(31)32)25(11-19)39-15-18-7-8-18/h3-6,9-11,13-14,17-18,24,28,33H,7-8,12,15H2,1-2H3/t17-,24-/m0/s1. The summed E-state index contributed by atoms with van der Waals surface area (Å²) in [5, 5.41) is 11.8. The SMILES string of the molecule is Cc1ccccc1S(=O)(=O)N[C@@H](C)C(=O)O[C@@H](Cc1c(Cl)c[n+]([O-])cc1Cl)c1ccc(OC(F)F)c(OCC2CC2)c1. The van der Waals surface area contributed by atoms with Gasteiger partial charge in [0.2, 0.25) is 10.0 Å². The van der Waals surface area contributed by atoms with Gasteiger partial charge in [0.15, 0.2) is 23.9 Å². The van der Waals surface area contributed by atoms with Crippen molar-refractivity contribution < 1.29 is 40.9 Å². The van der Waals surface area contributed by atoms with Crippen LogP contribution in [0.1, 0.15) is 42.6 Å². The Labute approximate surface area is 251 Å². The normalized spacial score (nSPS) is 14.8. The molecular formula is C28H28Cl2F2N2O7S. The third-order valence-corrected chi connectivity index (χ3v) is 8.85. The highest BCUT2D eigenvalue weighted by Crippen LogP contribution is 2.38. The quantitative estimate of drug-likeness (QED) is 0.148. The molecule has 2 aromatic carbocycles. The number of pyridine rings is 1. The van der Waals surface area contributed by atoms with Crippen molar-refractivity contribution in [3.05, 3.63) is 86.8 Å². The molecule has 0 spiro atoms. The fraction of sp³-hybridized carbons (Fsp3) is 0.357. The van der Waals surface area contributed by atoms with E-state index in [1.165, 1.54) is 31.2 Å². The largest absolute Gasteiger partial charge is 0.619 e. The van der Waals surface area contributed by atoms with Crippen molar-refractivity contribution in [3.8, 4) is 11.5 Å². The van der Waals surface area contributed by atoms with E-state index in [0.717, 1.165) is 25.2 Å². The van der Waals surface area contributed by atoms with Gasteiger partial charge in [-0.15, -0.1) is 0 Å². The Kier molecular flexibility index (Phi) is 10.1. The van der Waals surface area contributed by atoms with Crippen LogP contribution in [0.3, 0.4) is 0 Å². The predicted molar refractivity (Wildman–Crippen MR) is 150 cm³/mol. The Morgan fingerprint density at radius 1 is 1.12 bits per heavy atom. The Morgan fingerprint density at radius 3 is 2.40 bits per heavy atom. The highest BCUT2D eigenvalue weighted by atomic mass is 35.5. The average Bonchev–Trinajstić information content (AvgIpc) is 3.73. The number of alkyl halides is 2. The summed E-state index contributed by atoms with van der Waals surface area (Å²) < 4.78 is 70.9. The van der Waals surface area contributed by atoms with Crippen molar-refractivity contribution in [1.82, 2.24) is 4.72 Å². The first-order valence-corrected chi connectivity index (χ1v) is 15.1. The van der Waals surface area contributed by atoms with Gasteiger partial charge in [-0.05, 0) is 61.9 Å². The molecule has 0 bridgehead atoms. The van der Waals surface area contributed by atoms with Gasteiger partial charge in [-0.1, -0.05) is 47.5 Å². The molecule has 3 aromatic rings. The number of hydrogen-bond donors (Lipinski definition) is 1. The van der Waals surface area contributed by atoms with Crippen LogP contribution in [0.25, 0.3) is 0 Å². The van der Waals surface area contributed by atoms with Gasteiger partial charge in [0.25, 0.3) is 0 Å². The Hall–Kier alpha value is -3.19. The molecule has 14 heteroatoms. The number of halogens is 4. The first kappa shape index (κ1) is 31.7. The van der Waals surface area contributed by atoms with Gasteiger partial charge in [-0.3, -0.25) is 4.79 Å². The van der Waals surface area contributed by atoms with Crippen LogP contribution in [0.4, 0.5) is 8.78 Å². The fourth-order valence-electron chi connectivity index (χ4n) is 4.11. The van der Waals surface area contributed by atoms with E-state index in [1.807, 2.05) is 0 Å². The molecule has 0 amide bonds. The van der Waals surface area contributed by atoms with Gasteiger partial charge in [0, 0.05) is 12.0 Å². The van der Waals surface area contributed by atoms with E-state index in [2.05, 4.69) is 9.46 Å². The molecule has 4 rings (SSSR count). The monoisotopic (exact) mass is 644 g/mol. The smallest absolute Gasteiger partial charge is 0.387 e. The molecule has 0 aliphatic heterocycles. The van der Waals surface area contributed by atoms with Crippen molar-refractivity contribution in [1.29, 1.82) is 0 Å². The molecule has 1 aliphatic rings. The second kappa shape index (κ2) is 13.4. The van der Waals surface area contributed by atoms with E-state index < -0.39 is 34.7 Å². The highest BCUT2D eigenvalue weighted by molar-refractivity contribution is 7.89. The van der Waals surface area contributed by atoms with E-state index >= 15 is 0 Å². The van der Waals surface area contributed by atoms with Crippen molar-refractivity contribution in [3.63, 3.8) is 0 Å². The zero-order chi connectivity index (χ0) is 30.6. The van der Waals surface area contributed by atoms with Crippen LogP contribution in [0.2, 0.25) is 10.0 Å². The Morgan fingerprint density at radius 2 is 1.79 bits per heavy atom. The number of nitrogens with zero attached hydrogens (tertiary/aromatic N) is 1. The Bertz CT molecular complexity index is 1530. The molecule has 1 aliphatic carbocycles. The van der Waals surface area contributed by atoms with Crippen LogP contribution < -0.4 is 18.9 Å². The average molecular weight is 646 g/mol. The topological polar surface area (TPSA) is 118 Å². The van der Waals surface area contributed by atoms with Crippen LogP contribution in [-0.2, 0) is 26.0 Å². The van der Waals surface area contributed by atoms with Crippen molar-refractivity contribution in [2.24, 2.45) is 5.92 Å². The summed E-state index contributed by atoms with van der Waals surface area (Å²) in [4.78, 5) is 13.2. The second-order valence-electron chi connectivity index (χ2n) is 9.87. The predicted octanol–water partition coefficient (Wildman–Crippen LogP) is 5.52. The first-order chi connectivity index (χ1) is 19.8. The molecule has 9 nitrogen and oxygen atoms in total. The lowest BCUT2D eigenvalue weighted by Crippen LogP contribution is -2.40. The van der Waals surface area contributed by atoms with Gasteiger partial charge in [0.05, 0.1) is 11.5 Å². The maximum atomic E-state index is 13.2. The van der Waals surface area contributed by atoms with Gasteiger partial charge >= 0.3 is 12.6 Å². The lowest BCUT2D eigenvalue weighted by molar-refractivity contribution is -0.605. The van der Waals surface area contributed by atoms with Crippen LogP contribution in [-0.4, -0.2) is 33.6 Å². The molecule has 0 saturated heterocycles. The number of carbonyl (C=O) groups is 1. The summed E-state index contributed by atoms with van der Waals surface area (Å²) in [5.41, 5.74) is 1.05. The molecule has 1 N–H and O–H groups in total. The van der Waals surface area contributed by atoms with Crippen molar-refractivity contribution in [2.45, 2.75) is 56.8 Å². The van der Waals surface area contributed by atoms with E-state index in [9.17, 15) is 27.2 Å². The first-order valence-electron chi connectivity index (χ1n) is 12.9. The fourth-order valence-corrected chi connectivity index (χ4v) is 6.14. The molecule has 1 aromatic heterocycles. The molecule has 42 heavy (non-hydrogen) atoms. The minimum absolute atomic E-state index is 0.00189. The van der Waals surface area contributed by atoms with Crippen molar-refractivity contribution >= 4 is 39.2 Å². The zero-order valence-electron chi connectivity index (χ0n) is 22.6. The lowest BCUT2D eigenvalue weighted by Gasteiger charge is -2.23. The van der Waals surface area contributed by atoms with Crippen LogP contribution in [0, 0.1) is 18.0 Å². The summed E-state index contributed by atoms with van der Waals surface area (Å²) in [5.74, 6) is -0.837. The summed E-state index contributed by atoms with van der Waals surface area (Å²) in [6, 6.07) is 9.01. The maximum absolute atomic E-state index is 13.2. The number of esters is 1. The van der Waals surface area contributed by atoms with E-state index in [1.54, 1.807) is 25.1 Å². The molecule has 2 atom stereocenters. The van der Waals surface area contributed by atoms with Crippen LogP contribution >= 0.6 is 23.2 Å². The zero-order valence-corrected chi connectivity index (χ0v) is 24.9. The lowest BCUT2D eigenvalue weighted by atomic mass is 10.0. The molecule has 1 fully saturated rings. The summed E-state index contributed by atoms with van der Waals surface area (Å²) in [7, 11) is -4.08. The van der Waals surface area contributed by atoms with Gasteiger partial charge in [-0.25, -0.2) is 8.42 Å². The number of carbonyl (C=O) groups excluding carboxylic acids is 1. The number of sulfonamides is 1. The number of benzene rings is 2. The number of ether oxygens (including phenoxy) is 3. The highest BCUT2D eigenvalue weighted by Gasteiger charge is 2.30. The Balaban J connectivity index is 1.64. The minimum atomic E-state index is -4.08. The van der Waals surface area contributed by atoms with E-state index in [4.69, 9.17) is 32.7 Å². The summed E-state index contributed by atoms with van der Waals surface area (Å²) in [6.07, 6.45) is 2.76. The van der Waals surface area contributed by atoms with E-state index in [0.29, 0.717) is 21.8 Å². The van der Waals surface area contributed by atoms with Gasteiger partial charge in [-0.2, -0.15) is 18.2 Å². The number of nitrogens with one attached hydrogen (secondary N) is 1. The number of hydrogen-bond acceptors (Lipinski definition) is 7. The number of aryl methyl sites for hydroxylation is 1. The molecule has 0 radical (unpaired) electrons. The molecule has 226 valence electrons. The van der Waals surface area contributed by atoms with Crippen molar-refractivity contribution in [2.75, 3.05) is 6.61 Å². The van der Waals surface area contributed by atoms with E-state index in [-0.39, 0.29) is 45.0 Å². The summed E-state index contributed by atoms with van der Waals surface area (Å²) >= 11 is 12.6. The second-order valence-corrected chi connectivity index (χ2v) is 12.4. The number of rotatable bonds is 13. The van der Waals surface area contributed by atoms with Gasteiger partial charge < -0.3 is 19.4 Å². The minimum Gasteiger partial charge on any atom is -0.619 e. The van der Waals surface area contributed by atoms with Gasteiger partial charge in [0.1, 0.15) is 22.2 Å². The maximum Gasteiger partial charge on any atom is 0.387 e. The molecule has 0 unspecified atom stereocenters. The van der Waals surface area contributed by atoms with Crippen LogP contribution in [0.15, 0.2) is 59.8 Å². The third-order valence-electron chi connectivity index (χ3n) is 6.50. The number of aromatic nitrogens is 1. The molecule has 1 saturated carbocycles. The molecular weight excluding hydrogens is 617 g/mol. The summed E-state index contributed by atoms with van der Waals surface area (Å²) in [6.45, 7) is 0.125. The third kappa shape index (κ3) is 8.21. The molecule has 1 heterocycles.